The number of alkyl halides is 3. The van der Waals surface area contributed by atoms with Gasteiger partial charge in [-0.25, -0.2) is 17.8 Å². The maximum Gasteiger partial charge on any atom is 0.416 e. The van der Waals surface area contributed by atoms with E-state index >= 15 is 0 Å². The average Bonchev–Trinajstić information content (AvgIpc) is 3.59. The van der Waals surface area contributed by atoms with Gasteiger partial charge in [0.25, 0.3) is 5.91 Å². The molecule has 2 aromatic carbocycles. The molecule has 0 spiro atoms. The number of rotatable bonds is 10. The monoisotopic (exact) mass is 539 g/mol. The van der Waals surface area contributed by atoms with Crippen molar-refractivity contribution in [2.45, 2.75) is 42.5 Å². The highest BCUT2D eigenvalue weighted by Gasteiger charge is 2.35. The molecule has 0 atom stereocenters. The van der Waals surface area contributed by atoms with Crippen LogP contribution < -0.4 is 0 Å². The predicted octanol–water partition coefficient (Wildman–Crippen LogP) is 4.64. The Kier molecular flexibility index (Phi) is 7.69. The summed E-state index contributed by atoms with van der Waals surface area (Å²) in [6.45, 7) is 0.226. The third-order valence-corrected chi connectivity index (χ3v) is 7.52. The van der Waals surface area contributed by atoms with Gasteiger partial charge >= 0.3 is 6.18 Å². The first-order valence-corrected chi connectivity index (χ1v) is 13.1. The lowest BCUT2D eigenvalue weighted by Gasteiger charge is -2.23. The number of benzene rings is 2. The fourth-order valence-corrected chi connectivity index (χ4v) is 5.55. The number of ether oxygens (including phenoxy) is 1. The zero-order valence-corrected chi connectivity index (χ0v) is 20.7. The molecule has 12 heteroatoms. The summed E-state index contributed by atoms with van der Waals surface area (Å²) in [5, 5.41) is -0.271. The van der Waals surface area contributed by atoms with E-state index < -0.39 is 39.1 Å². The molecule has 0 saturated heterocycles. The van der Waals surface area contributed by atoms with Crippen LogP contribution in [0.2, 0.25) is 0 Å². The van der Waals surface area contributed by atoms with Gasteiger partial charge in [0, 0.05) is 19.7 Å². The number of imidazole rings is 1. The second-order valence-corrected chi connectivity index (χ2v) is 10.7. The molecule has 0 aliphatic heterocycles. The van der Waals surface area contributed by atoms with Gasteiger partial charge in [-0.3, -0.25) is 4.79 Å². The minimum atomic E-state index is -4.60. The van der Waals surface area contributed by atoms with E-state index in [1.807, 2.05) is 0 Å². The fraction of sp³-hybridized carbons (Fsp3) is 0.360. The van der Waals surface area contributed by atoms with Crippen molar-refractivity contribution in [2.24, 2.45) is 0 Å². The minimum absolute atomic E-state index is 0.0156. The molecule has 0 N–H and O–H groups in total. The number of halogens is 4. The number of carbonyl (C=O) groups is 1. The smallest absolute Gasteiger partial charge is 0.383 e. The molecule has 1 aromatic heterocycles. The van der Waals surface area contributed by atoms with Crippen molar-refractivity contribution in [3.63, 3.8) is 0 Å². The predicted molar refractivity (Wildman–Crippen MR) is 126 cm³/mol. The van der Waals surface area contributed by atoms with Crippen molar-refractivity contribution in [2.75, 3.05) is 20.3 Å². The molecule has 1 aliphatic rings. The Morgan fingerprint density at radius 1 is 1.16 bits per heavy atom. The van der Waals surface area contributed by atoms with Crippen LogP contribution in [0, 0.1) is 5.82 Å². The van der Waals surface area contributed by atoms with Crippen molar-refractivity contribution in [1.29, 1.82) is 0 Å². The highest BCUT2D eigenvalue weighted by Crippen LogP contribution is 2.39. The van der Waals surface area contributed by atoms with Crippen LogP contribution in [0.1, 0.15) is 46.1 Å². The van der Waals surface area contributed by atoms with Crippen molar-refractivity contribution in [3.05, 3.63) is 82.9 Å². The van der Waals surface area contributed by atoms with Crippen LogP contribution in [0.5, 0.6) is 0 Å². The van der Waals surface area contributed by atoms with Gasteiger partial charge in [0.1, 0.15) is 5.82 Å². The molecule has 0 radical (unpaired) electrons. The molecule has 0 unspecified atom stereocenters. The van der Waals surface area contributed by atoms with E-state index in [-0.39, 0.29) is 42.0 Å². The highest BCUT2D eigenvalue weighted by atomic mass is 32.2. The highest BCUT2D eigenvalue weighted by molar-refractivity contribution is 7.90. The molecule has 1 heterocycles. The average molecular weight is 540 g/mol. The van der Waals surface area contributed by atoms with Crippen molar-refractivity contribution >= 4 is 15.7 Å². The van der Waals surface area contributed by atoms with Crippen molar-refractivity contribution in [1.82, 2.24) is 14.5 Å². The van der Waals surface area contributed by atoms with E-state index in [2.05, 4.69) is 4.98 Å². The van der Waals surface area contributed by atoms with Crippen LogP contribution in [0.15, 0.2) is 59.9 Å². The zero-order chi connectivity index (χ0) is 26.8. The third kappa shape index (κ3) is 6.19. The lowest BCUT2D eigenvalue weighted by molar-refractivity contribution is -0.137. The number of aromatic nitrogens is 2. The summed E-state index contributed by atoms with van der Waals surface area (Å²) in [5.41, 5.74) is -0.663. The van der Waals surface area contributed by atoms with Crippen LogP contribution in [0.25, 0.3) is 0 Å². The normalized spacial score (nSPS) is 14.1. The van der Waals surface area contributed by atoms with Crippen molar-refractivity contribution < 1.29 is 35.5 Å². The number of amides is 1. The number of sulfone groups is 1. The minimum Gasteiger partial charge on any atom is -0.383 e. The van der Waals surface area contributed by atoms with Crippen LogP contribution in [0.4, 0.5) is 17.6 Å². The molecule has 1 aliphatic carbocycles. The topological polar surface area (TPSA) is 81.5 Å². The fourth-order valence-electron chi connectivity index (χ4n) is 4.02. The van der Waals surface area contributed by atoms with Gasteiger partial charge < -0.3 is 14.2 Å². The molecular formula is C25H25F4N3O4S. The zero-order valence-electron chi connectivity index (χ0n) is 19.9. The summed E-state index contributed by atoms with van der Waals surface area (Å²) >= 11 is 0. The van der Waals surface area contributed by atoms with E-state index in [0.29, 0.717) is 18.5 Å². The Balaban J connectivity index is 1.64. The maximum absolute atomic E-state index is 14.3. The first-order valence-electron chi connectivity index (χ1n) is 11.5. The summed E-state index contributed by atoms with van der Waals surface area (Å²) in [4.78, 5) is 18.6. The van der Waals surface area contributed by atoms with Gasteiger partial charge in [0.15, 0.2) is 0 Å². The Labute approximate surface area is 211 Å². The molecule has 1 saturated carbocycles. The molecule has 4 rings (SSSR count). The molecule has 3 aromatic rings. The van der Waals surface area contributed by atoms with E-state index in [9.17, 15) is 30.8 Å². The largest absolute Gasteiger partial charge is 0.416 e. The van der Waals surface area contributed by atoms with E-state index in [1.54, 1.807) is 0 Å². The molecule has 0 bridgehead atoms. The SMILES string of the molecule is COCCN(Cc1cnc(S(=O)(=O)Cc2cccc(C(F)(F)F)c2)n1C1CC1)C(=O)c1ccccc1F. The second kappa shape index (κ2) is 10.6. The van der Waals surface area contributed by atoms with Crippen LogP contribution in [-0.4, -0.2) is 49.0 Å². The Morgan fingerprint density at radius 2 is 1.89 bits per heavy atom. The number of hydrogen-bond donors (Lipinski definition) is 0. The lowest BCUT2D eigenvalue weighted by Crippen LogP contribution is -2.34. The lowest BCUT2D eigenvalue weighted by atomic mass is 10.1. The van der Waals surface area contributed by atoms with Crippen LogP contribution in [-0.2, 0) is 33.0 Å². The molecule has 1 fully saturated rings. The van der Waals surface area contributed by atoms with Gasteiger partial charge in [0.05, 0.1) is 41.9 Å². The summed E-state index contributed by atoms with van der Waals surface area (Å²) in [5.74, 6) is -1.94. The Hall–Kier alpha value is -3.25. The van der Waals surface area contributed by atoms with Crippen LogP contribution >= 0.6 is 0 Å². The quantitative estimate of drug-likeness (QED) is 0.351. The Morgan fingerprint density at radius 3 is 2.54 bits per heavy atom. The first-order chi connectivity index (χ1) is 17.5. The number of methoxy groups -OCH3 is 1. The van der Waals surface area contributed by atoms with E-state index in [4.69, 9.17) is 4.74 Å². The number of carbonyl (C=O) groups excluding carboxylic acids is 1. The van der Waals surface area contributed by atoms with Gasteiger partial charge in [-0.1, -0.05) is 30.3 Å². The van der Waals surface area contributed by atoms with E-state index in [0.717, 1.165) is 18.2 Å². The standard InChI is InChI=1S/C25H25F4N3O4S/c1-36-12-11-31(23(33)21-7-2-3-8-22(21)26)15-20-14-30-24(32(20)19-9-10-19)37(34,35)16-17-5-4-6-18(13-17)25(27,28)29/h2-8,13-14,19H,9-12,15-16H2,1H3. The second-order valence-electron chi connectivity index (χ2n) is 8.79. The third-order valence-electron chi connectivity index (χ3n) is 5.95. The summed E-state index contributed by atoms with van der Waals surface area (Å²) < 4.78 is 86.8. The summed E-state index contributed by atoms with van der Waals surface area (Å²) in [7, 11) is -2.67. The van der Waals surface area contributed by atoms with Gasteiger partial charge in [0.2, 0.25) is 15.0 Å². The number of nitrogens with zero attached hydrogens (tertiary/aromatic N) is 3. The summed E-state index contributed by atoms with van der Waals surface area (Å²) in [6, 6.07) is 9.54. The molecular weight excluding hydrogens is 514 g/mol. The molecule has 1 amide bonds. The molecule has 198 valence electrons. The maximum atomic E-state index is 14.3. The first kappa shape index (κ1) is 26.8. The summed E-state index contributed by atoms with van der Waals surface area (Å²) in [6.07, 6.45) is -1.88. The van der Waals surface area contributed by atoms with Gasteiger partial charge in [-0.2, -0.15) is 13.2 Å². The molecule has 7 nitrogen and oxygen atoms in total. The van der Waals surface area contributed by atoms with Gasteiger partial charge in [-0.05, 0) is 36.6 Å². The Bertz CT molecular complexity index is 1380. The molecule has 37 heavy (non-hydrogen) atoms. The van der Waals surface area contributed by atoms with Gasteiger partial charge in [-0.15, -0.1) is 0 Å². The number of hydrogen-bond acceptors (Lipinski definition) is 5. The van der Waals surface area contributed by atoms with Crippen LogP contribution in [0.3, 0.4) is 0 Å². The van der Waals surface area contributed by atoms with E-state index in [1.165, 1.54) is 53.1 Å². The van der Waals surface area contributed by atoms with Crippen molar-refractivity contribution in [3.8, 4) is 0 Å².